The number of rotatable bonds is 5. The van der Waals surface area contributed by atoms with Crippen molar-refractivity contribution in [1.82, 2.24) is 9.29 Å². The molecule has 1 aliphatic carbocycles. The molecule has 0 saturated heterocycles. The highest BCUT2D eigenvalue weighted by Crippen LogP contribution is 2.26. The third kappa shape index (κ3) is 2.87. The number of carbonyl (C=O) groups excluding carboxylic acids is 1. The van der Waals surface area contributed by atoms with E-state index in [4.69, 9.17) is 11.5 Å². The topological polar surface area (TPSA) is 120 Å². The molecule has 2 rings (SSSR count). The molecule has 2 atom stereocenters. The smallest absolute Gasteiger partial charge is 0.265 e. The largest absolute Gasteiger partial charge is 0.364 e. The van der Waals surface area contributed by atoms with E-state index in [9.17, 15) is 13.2 Å². The zero-order valence-electron chi connectivity index (χ0n) is 11.4. The normalized spacial score (nSPS) is 23.1. The zero-order chi connectivity index (χ0) is 14.9. The number of hydrogen-bond acceptors (Lipinski definition) is 4. The Morgan fingerprint density at radius 3 is 2.75 bits per heavy atom. The molecule has 1 heterocycles. The van der Waals surface area contributed by atoms with Gasteiger partial charge < -0.3 is 16.0 Å². The summed E-state index contributed by atoms with van der Waals surface area (Å²) in [5.74, 6) is -0.487. The van der Waals surface area contributed by atoms with Gasteiger partial charge in [0.15, 0.2) is 0 Å². The Morgan fingerprint density at radius 2 is 2.20 bits per heavy atom. The number of primary amides is 1. The van der Waals surface area contributed by atoms with E-state index in [1.165, 1.54) is 16.8 Å². The summed E-state index contributed by atoms with van der Waals surface area (Å²) in [7, 11) is -2.08. The molecule has 1 aromatic rings. The molecule has 112 valence electrons. The summed E-state index contributed by atoms with van der Waals surface area (Å²) >= 11 is 0. The monoisotopic (exact) mass is 300 g/mol. The van der Waals surface area contributed by atoms with E-state index < -0.39 is 15.9 Å². The van der Waals surface area contributed by atoms with E-state index in [0.29, 0.717) is 6.54 Å². The van der Waals surface area contributed by atoms with Gasteiger partial charge in [-0.2, -0.15) is 0 Å². The number of sulfonamides is 1. The van der Waals surface area contributed by atoms with Gasteiger partial charge in [0.25, 0.3) is 5.91 Å². The van der Waals surface area contributed by atoms with Crippen LogP contribution < -0.4 is 16.2 Å². The second-order valence-corrected chi connectivity index (χ2v) is 6.90. The molecule has 0 radical (unpaired) electrons. The van der Waals surface area contributed by atoms with Crippen LogP contribution in [0.25, 0.3) is 0 Å². The Balaban J connectivity index is 2.22. The maximum absolute atomic E-state index is 12.3. The predicted molar refractivity (Wildman–Crippen MR) is 74.4 cm³/mol. The van der Waals surface area contributed by atoms with Gasteiger partial charge in [0.1, 0.15) is 10.6 Å². The lowest BCUT2D eigenvalue weighted by atomic mass is 10.1. The number of hydrogen-bond donors (Lipinski definition) is 3. The van der Waals surface area contributed by atoms with Crippen LogP contribution >= 0.6 is 0 Å². The van der Waals surface area contributed by atoms with Crippen LogP contribution in [0.1, 0.15) is 29.8 Å². The Morgan fingerprint density at radius 1 is 1.50 bits per heavy atom. The first-order valence-corrected chi connectivity index (χ1v) is 8.02. The van der Waals surface area contributed by atoms with Crippen molar-refractivity contribution >= 4 is 15.9 Å². The van der Waals surface area contributed by atoms with Gasteiger partial charge in [-0.3, -0.25) is 4.79 Å². The summed E-state index contributed by atoms with van der Waals surface area (Å²) in [6.45, 7) is 0.467. The van der Waals surface area contributed by atoms with Gasteiger partial charge >= 0.3 is 0 Å². The fraction of sp³-hybridized carbons (Fsp3) is 0.583. The number of aryl methyl sites for hydroxylation is 1. The first-order valence-electron chi connectivity index (χ1n) is 6.53. The van der Waals surface area contributed by atoms with Gasteiger partial charge in [0.05, 0.1) is 0 Å². The zero-order valence-corrected chi connectivity index (χ0v) is 12.2. The van der Waals surface area contributed by atoms with E-state index in [1.54, 1.807) is 7.05 Å². The summed E-state index contributed by atoms with van der Waals surface area (Å²) in [4.78, 5) is 11.2. The SMILES string of the molecule is Cn1cc(S(=O)(=O)NC2CCCC2CN)cc1C(N)=O. The van der Waals surface area contributed by atoms with Crippen LogP contribution in [0.4, 0.5) is 0 Å². The first kappa shape index (κ1) is 15.0. The standard InChI is InChI=1S/C12H20N4O3S/c1-16-7-9(5-11(16)12(14)17)20(18,19)15-10-4-2-3-8(10)6-13/h5,7-8,10,15H,2-4,6,13H2,1H3,(H2,14,17). The van der Waals surface area contributed by atoms with Crippen molar-refractivity contribution in [3.05, 3.63) is 18.0 Å². The summed E-state index contributed by atoms with van der Waals surface area (Å²) in [6, 6.07) is 1.15. The lowest BCUT2D eigenvalue weighted by Crippen LogP contribution is -2.39. The van der Waals surface area contributed by atoms with Crippen LogP contribution in [-0.2, 0) is 17.1 Å². The fourth-order valence-electron chi connectivity index (χ4n) is 2.67. The van der Waals surface area contributed by atoms with Crippen molar-refractivity contribution in [1.29, 1.82) is 0 Å². The Bertz CT molecular complexity index is 608. The minimum atomic E-state index is -3.66. The number of carbonyl (C=O) groups is 1. The van der Waals surface area contributed by atoms with Crippen LogP contribution in [0, 0.1) is 5.92 Å². The van der Waals surface area contributed by atoms with Crippen molar-refractivity contribution in [2.45, 2.75) is 30.2 Å². The Labute approximate surface area is 118 Å². The average molecular weight is 300 g/mol. The third-order valence-corrected chi connectivity index (χ3v) is 5.27. The van der Waals surface area contributed by atoms with Crippen LogP contribution in [0.15, 0.2) is 17.2 Å². The van der Waals surface area contributed by atoms with Crippen LogP contribution in [0.2, 0.25) is 0 Å². The van der Waals surface area contributed by atoms with Crippen LogP contribution in [-0.4, -0.2) is 31.5 Å². The molecular formula is C12H20N4O3S. The number of aromatic nitrogens is 1. The van der Waals surface area contributed by atoms with E-state index >= 15 is 0 Å². The van der Waals surface area contributed by atoms with E-state index in [0.717, 1.165) is 19.3 Å². The molecule has 1 aliphatic rings. The molecule has 20 heavy (non-hydrogen) atoms. The molecule has 5 N–H and O–H groups in total. The molecule has 1 saturated carbocycles. The van der Waals surface area contributed by atoms with E-state index in [2.05, 4.69) is 4.72 Å². The highest BCUT2D eigenvalue weighted by molar-refractivity contribution is 7.89. The van der Waals surface area contributed by atoms with Crippen molar-refractivity contribution in [3.63, 3.8) is 0 Å². The van der Waals surface area contributed by atoms with Crippen molar-refractivity contribution < 1.29 is 13.2 Å². The van der Waals surface area contributed by atoms with Gasteiger partial charge in [-0.15, -0.1) is 0 Å². The molecule has 2 unspecified atom stereocenters. The molecular weight excluding hydrogens is 280 g/mol. The quantitative estimate of drug-likeness (QED) is 0.680. The molecule has 7 nitrogen and oxygen atoms in total. The van der Waals surface area contributed by atoms with Gasteiger partial charge in [0.2, 0.25) is 10.0 Å². The Kier molecular flexibility index (Phi) is 4.17. The summed E-state index contributed by atoms with van der Waals surface area (Å²) in [6.07, 6.45) is 4.08. The summed E-state index contributed by atoms with van der Waals surface area (Å²) in [5, 5.41) is 0. The molecule has 0 spiro atoms. The van der Waals surface area contributed by atoms with Gasteiger partial charge in [-0.1, -0.05) is 6.42 Å². The lowest BCUT2D eigenvalue weighted by molar-refractivity contribution is 0.0992. The molecule has 1 aromatic heterocycles. The minimum Gasteiger partial charge on any atom is -0.364 e. The molecule has 1 fully saturated rings. The fourth-order valence-corrected chi connectivity index (χ4v) is 4.08. The molecule has 0 bridgehead atoms. The second kappa shape index (κ2) is 5.55. The van der Waals surface area contributed by atoms with Crippen LogP contribution in [0.5, 0.6) is 0 Å². The highest BCUT2D eigenvalue weighted by atomic mass is 32.2. The van der Waals surface area contributed by atoms with Gasteiger partial charge in [-0.05, 0) is 31.4 Å². The van der Waals surface area contributed by atoms with Crippen molar-refractivity contribution in [2.75, 3.05) is 6.54 Å². The van der Waals surface area contributed by atoms with E-state index in [1.807, 2.05) is 0 Å². The first-order chi connectivity index (χ1) is 9.35. The third-order valence-electron chi connectivity index (χ3n) is 3.81. The van der Waals surface area contributed by atoms with E-state index in [-0.39, 0.29) is 22.5 Å². The summed E-state index contributed by atoms with van der Waals surface area (Å²) < 4.78 is 28.7. The summed E-state index contributed by atoms with van der Waals surface area (Å²) in [5.41, 5.74) is 11.0. The van der Waals surface area contributed by atoms with Gasteiger partial charge in [-0.25, -0.2) is 13.1 Å². The van der Waals surface area contributed by atoms with Gasteiger partial charge in [0, 0.05) is 19.3 Å². The maximum Gasteiger partial charge on any atom is 0.265 e. The van der Waals surface area contributed by atoms with Crippen molar-refractivity contribution in [2.24, 2.45) is 24.4 Å². The molecule has 1 amide bonds. The molecule has 0 aliphatic heterocycles. The van der Waals surface area contributed by atoms with Crippen molar-refractivity contribution in [3.8, 4) is 0 Å². The number of amides is 1. The highest BCUT2D eigenvalue weighted by Gasteiger charge is 2.31. The lowest BCUT2D eigenvalue weighted by Gasteiger charge is -2.18. The Hall–Kier alpha value is -1.38. The molecule has 8 heteroatoms. The second-order valence-electron chi connectivity index (χ2n) is 5.19. The van der Waals surface area contributed by atoms with Crippen LogP contribution in [0.3, 0.4) is 0 Å². The number of nitrogens with two attached hydrogens (primary N) is 2. The predicted octanol–water partition coefficient (Wildman–Crippen LogP) is -0.470. The maximum atomic E-state index is 12.3. The molecule has 0 aromatic carbocycles. The average Bonchev–Trinajstić information content (AvgIpc) is 2.95. The number of nitrogens with one attached hydrogen (secondary N) is 1. The number of nitrogens with zero attached hydrogens (tertiary/aromatic N) is 1. The minimum absolute atomic E-state index is 0.0523.